The van der Waals surface area contributed by atoms with Crippen LogP contribution in [-0.2, 0) is 30.6 Å². The number of amides is 1. The van der Waals surface area contributed by atoms with Crippen LogP contribution in [0, 0.1) is 0 Å². The summed E-state index contributed by atoms with van der Waals surface area (Å²) in [5, 5.41) is 15.2. The summed E-state index contributed by atoms with van der Waals surface area (Å²) in [6, 6.07) is -0.372. The third-order valence-electron chi connectivity index (χ3n) is 3.93. The van der Waals surface area contributed by atoms with Crippen molar-refractivity contribution in [2.75, 3.05) is 18.1 Å². The van der Waals surface area contributed by atoms with E-state index in [1.165, 1.54) is 0 Å². The number of anilines is 1. The van der Waals surface area contributed by atoms with Crippen molar-refractivity contribution in [3.05, 3.63) is 29.7 Å². The van der Waals surface area contributed by atoms with Crippen LogP contribution in [0.15, 0.2) is 12.4 Å². The summed E-state index contributed by atoms with van der Waals surface area (Å²) in [5.74, 6) is 1.40. The van der Waals surface area contributed by atoms with E-state index >= 15 is 0 Å². The van der Waals surface area contributed by atoms with Crippen molar-refractivity contribution in [2.45, 2.75) is 38.8 Å². The Kier molecular flexibility index (Phi) is 5.63. The summed E-state index contributed by atoms with van der Waals surface area (Å²) in [5.41, 5.74) is -1.04. The van der Waals surface area contributed by atoms with Crippen molar-refractivity contribution >= 4 is 11.9 Å². The predicted octanol–water partition coefficient (Wildman–Crippen LogP) is 1.28. The van der Waals surface area contributed by atoms with Crippen LogP contribution in [0.3, 0.4) is 0 Å². The van der Waals surface area contributed by atoms with Crippen molar-refractivity contribution in [3.8, 4) is 0 Å². The summed E-state index contributed by atoms with van der Waals surface area (Å²) in [4.78, 5) is 23.9. The molecule has 13 heteroatoms. The molecule has 0 fully saturated rings. The second-order valence-electron chi connectivity index (χ2n) is 6.21. The maximum atomic E-state index is 12.6. The molecular formula is C15H18F3N7O3. The van der Waals surface area contributed by atoms with Crippen molar-refractivity contribution in [2.24, 2.45) is 0 Å². The largest absolute Gasteiger partial charge is 0.465 e. The van der Waals surface area contributed by atoms with E-state index in [2.05, 4.69) is 25.4 Å². The van der Waals surface area contributed by atoms with Gasteiger partial charge in [0.25, 0.3) is 0 Å². The Bertz CT molecular complexity index is 825. The van der Waals surface area contributed by atoms with Gasteiger partial charge in [-0.25, -0.2) is 24.4 Å². The third-order valence-corrected chi connectivity index (χ3v) is 3.93. The van der Waals surface area contributed by atoms with Crippen molar-refractivity contribution < 1.29 is 27.8 Å². The molecule has 10 nitrogen and oxygen atoms in total. The van der Waals surface area contributed by atoms with Gasteiger partial charge in [0.15, 0.2) is 11.5 Å². The van der Waals surface area contributed by atoms with E-state index in [4.69, 9.17) is 9.84 Å². The number of rotatable bonds is 6. The first-order chi connectivity index (χ1) is 13.2. The highest BCUT2D eigenvalue weighted by Gasteiger charge is 2.33. The Labute approximate surface area is 157 Å². The Balaban J connectivity index is 1.57. The number of carbonyl (C=O) groups is 1. The number of hydrogen-bond acceptors (Lipinski definition) is 7. The highest BCUT2D eigenvalue weighted by atomic mass is 19.4. The first-order valence-electron chi connectivity index (χ1n) is 8.36. The normalized spacial score (nSPS) is 15.2. The van der Waals surface area contributed by atoms with Gasteiger partial charge in [-0.2, -0.15) is 18.3 Å². The van der Waals surface area contributed by atoms with Gasteiger partial charge in [-0.15, -0.1) is 0 Å². The minimum absolute atomic E-state index is 0.117. The molecule has 1 unspecified atom stereocenters. The van der Waals surface area contributed by atoms with Gasteiger partial charge >= 0.3 is 12.3 Å². The molecule has 2 N–H and O–H groups in total. The summed E-state index contributed by atoms with van der Waals surface area (Å²) >= 11 is 0. The molecule has 2 aromatic rings. The molecule has 28 heavy (non-hydrogen) atoms. The van der Waals surface area contributed by atoms with E-state index < -0.39 is 18.0 Å². The lowest BCUT2D eigenvalue weighted by molar-refractivity contribution is -0.141. The molecule has 0 radical (unpaired) electrons. The number of nitrogens with zero attached hydrogens (tertiary/aromatic N) is 6. The van der Waals surface area contributed by atoms with Crippen LogP contribution in [0.25, 0.3) is 0 Å². The molecule has 0 spiro atoms. The Morgan fingerprint density at radius 2 is 2.14 bits per heavy atom. The van der Waals surface area contributed by atoms with Crippen LogP contribution in [0.5, 0.6) is 0 Å². The van der Waals surface area contributed by atoms with Gasteiger partial charge in [0, 0.05) is 6.54 Å². The highest BCUT2D eigenvalue weighted by molar-refractivity contribution is 5.64. The van der Waals surface area contributed by atoms with Crippen molar-refractivity contribution in [1.82, 2.24) is 30.0 Å². The minimum Gasteiger partial charge on any atom is -0.465 e. The molecule has 152 valence electrons. The van der Waals surface area contributed by atoms with Crippen LogP contribution < -0.4 is 10.2 Å². The second kappa shape index (κ2) is 7.96. The molecule has 1 aliphatic heterocycles. The fraction of sp³-hybridized carbons (Fsp3) is 0.533. The van der Waals surface area contributed by atoms with E-state index in [0.29, 0.717) is 43.3 Å². The lowest BCUT2D eigenvalue weighted by Gasteiger charge is -2.27. The van der Waals surface area contributed by atoms with Gasteiger partial charge in [-0.1, -0.05) is 0 Å². The zero-order valence-electron chi connectivity index (χ0n) is 14.8. The topological polar surface area (TPSA) is 118 Å². The molecule has 0 aliphatic carbocycles. The number of aromatic nitrogens is 5. The first kappa shape index (κ1) is 19.8. The number of ether oxygens (including phenoxy) is 1. The molecule has 1 atom stereocenters. The number of alkyl halides is 3. The van der Waals surface area contributed by atoms with Gasteiger partial charge in [-0.3, -0.25) is 0 Å². The molecule has 3 heterocycles. The number of nitrogens with one attached hydrogen (secondary N) is 1. The van der Waals surface area contributed by atoms with Crippen LogP contribution in [0.4, 0.5) is 23.8 Å². The van der Waals surface area contributed by atoms with E-state index in [0.717, 1.165) is 6.20 Å². The Morgan fingerprint density at radius 3 is 2.79 bits per heavy atom. The number of hydrogen-bond donors (Lipinski definition) is 2. The Morgan fingerprint density at radius 1 is 1.36 bits per heavy atom. The van der Waals surface area contributed by atoms with Gasteiger partial charge in [0.2, 0.25) is 0 Å². The zero-order chi connectivity index (χ0) is 20.3. The minimum atomic E-state index is -4.53. The van der Waals surface area contributed by atoms with Crippen LogP contribution in [0.2, 0.25) is 0 Å². The Hall–Kier alpha value is -2.96. The summed E-state index contributed by atoms with van der Waals surface area (Å²) < 4.78 is 44.9. The molecule has 0 saturated carbocycles. The number of halogens is 3. The average molecular weight is 401 g/mol. The lowest BCUT2D eigenvalue weighted by atomic mass is 10.3. The third kappa shape index (κ3) is 4.85. The smallest absolute Gasteiger partial charge is 0.434 e. The molecule has 0 bridgehead atoms. The molecule has 1 aliphatic rings. The van der Waals surface area contributed by atoms with Crippen molar-refractivity contribution in [3.63, 3.8) is 0 Å². The second-order valence-corrected chi connectivity index (χ2v) is 6.21. The summed E-state index contributed by atoms with van der Waals surface area (Å²) in [6.07, 6.45) is -3.85. The van der Waals surface area contributed by atoms with Gasteiger partial charge < -0.3 is 20.1 Å². The number of fused-ring (bicyclic) bond motifs is 1. The van der Waals surface area contributed by atoms with E-state index in [9.17, 15) is 18.0 Å². The summed E-state index contributed by atoms with van der Waals surface area (Å²) in [7, 11) is 0. The van der Waals surface area contributed by atoms with E-state index in [1.54, 1.807) is 16.5 Å². The van der Waals surface area contributed by atoms with Crippen LogP contribution in [-0.4, -0.2) is 55.1 Å². The monoisotopic (exact) mass is 401 g/mol. The standard InChI is InChI=1S/C15H18F3N7O3/c1-9(21-14(26)27)7-28-8-11-22-13-6-24(2-3-25(13)23-11)12-5-19-10(4-20-12)15(16,17)18/h4-5,9,21H,2-3,6-8H2,1H3,(H,26,27). The fourth-order valence-corrected chi connectivity index (χ4v) is 2.65. The molecule has 2 aromatic heterocycles. The average Bonchev–Trinajstić information content (AvgIpc) is 3.02. The highest BCUT2D eigenvalue weighted by Crippen LogP contribution is 2.27. The first-order valence-corrected chi connectivity index (χ1v) is 8.36. The molecular weight excluding hydrogens is 383 g/mol. The molecule has 0 aromatic carbocycles. The molecule has 3 rings (SSSR count). The zero-order valence-corrected chi connectivity index (χ0v) is 14.8. The predicted molar refractivity (Wildman–Crippen MR) is 88.4 cm³/mol. The molecule has 1 amide bonds. The maximum Gasteiger partial charge on any atom is 0.434 e. The number of carboxylic acid groups (broad SMARTS) is 1. The van der Waals surface area contributed by atoms with Gasteiger partial charge in [-0.05, 0) is 6.92 Å². The van der Waals surface area contributed by atoms with E-state index in [1.807, 2.05) is 0 Å². The van der Waals surface area contributed by atoms with Crippen LogP contribution in [0.1, 0.15) is 24.3 Å². The van der Waals surface area contributed by atoms with Gasteiger partial charge in [0.05, 0.1) is 38.1 Å². The molecule has 0 saturated heterocycles. The van der Waals surface area contributed by atoms with Crippen LogP contribution >= 0.6 is 0 Å². The lowest BCUT2D eigenvalue weighted by Crippen LogP contribution is -2.35. The summed E-state index contributed by atoms with van der Waals surface area (Å²) in [6.45, 7) is 3.26. The SMILES string of the molecule is CC(COCc1nc2n(n1)CCN(c1cnc(C(F)(F)F)cn1)C2)NC(=O)O. The maximum absolute atomic E-state index is 12.6. The van der Waals surface area contributed by atoms with Crippen molar-refractivity contribution in [1.29, 1.82) is 0 Å². The fourth-order valence-electron chi connectivity index (χ4n) is 2.65. The van der Waals surface area contributed by atoms with Gasteiger partial charge in [0.1, 0.15) is 18.2 Å². The quantitative estimate of drug-likeness (QED) is 0.743. The van der Waals surface area contributed by atoms with E-state index in [-0.39, 0.29) is 19.3 Å².